The minimum absolute atomic E-state index is 0.118. The third-order valence-electron chi connectivity index (χ3n) is 3.19. The first-order valence-electron chi connectivity index (χ1n) is 5.86. The van der Waals surface area contributed by atoms with Crippen LogP contribution in [0.2, 0.25) is 0 Å². The highest BCUT2D eigenvalue weighted by molar-refractivity contribution is 5.63. The van der Waals surface area contributed by atoms with Gasteiger partial charge in [0.2, 0.25) is 6.21 Å². The maximum absolute atomic E-state index is 11.5. The predicted molar refractivity (Wildman–Crippen MR) is 67.8 cm³/mol. The second kappa shape index (κ2) is 5.04. The van der Waals surface area contributed by atoms with Gasteiger partial charge in [-0.3, -0.25) is 5.21 Å². The van der Waals surface area contributed by atoms with Crippen molar-refractivity contribution in [1.82, 2.24) is 0 Å². The van der Waals surface area contributed by atoms with Crippen LogP contribution in [0, 0.1) is 5.21 Å². The van der Waals surface area contributed by atoms with E-state index in [2.05, 4.69) is 0 Å². The molecule has 0 saturated heterocycles. The Kier molecular flexibility index (Phi) is 3.47. The summed E-state index contributed by atoms with van der Waals surface area (Å²) in [6.07, 6.45) is 4.28. The molecule has 1 aromatic carbocycles. The van der Waals surface area contributed by atoms with Gasteiger partial charge in [-0.25, -0.2) is 0 Å². The van der Waals surface area contributed by atoms with Crippen LogP contribution in [0.15, 0.2) is 42.0 Å². The van der Waals surface area contributed by atoms with Crippen LogP contribution in [0.1, 0.15) is 31.7 Å². The Labute approximate surface area is 102 Å². The maximum atomic E-state index is 11.5. The number of hydrogen-bond acceptors (Lipinski definition) is 2. The van der Waals surface area contributed by atoms with Gasteiger partial charge in [0, 0.05) is 4.90 Å². The molecule has 0 N–H and O–H groups in total. The molecule has 0 amide bonds. The van der Waals surface area contributed by atoms with E-state index in [1.807, 2.05) is 50.3 Å². The zero-order valence-corrected chi connectivity index (χ0v) is 10.2. The van der Waals surface area contributed by atoms with Crippen molar-refractivity contribution >= 4 is 6.21 Å². The second-order valence-corrected chi connectivity index (χ2v) is 4.31. The molecule has 0 aromatic heterocycles. The smallest absolute Gasteiger partial charge is 0.217 e. The average molecular weight is 231 g/mol. The minimum atomic E-state index is -0.118. The zero-order chi connectivity index (χ0) is 12.3. The maximum Gasteiger partial charge on any atom is 0.217 e. The van der Waals surface area contributed by atoms with Gasteiger partial charge in [0.1, 0.15) is 0 Å². The van der Waals surface area contributed by atoms with Crippen molar-refractivity contribution in [2.45, 2.75) is 32.3 Å². The summed E-state index contributed by atoms with van der Waals surface area (Å²) < 4.78 is 0. The molecule has 17 heavy (non-hydrogen) atoms. The second-order valence-electron chi connectivity index (χ2n) is 4.31. The Morgan fingerprint density at radius 2 is 2.12 bits per heavy atom. The first kappa shape index (κ1) is 11.7. The van der Waals surface area contributed by atoms with Crippen LogP contribution in [0.5, 0.6) is 0 Å². The van der Waals surface area contributed by atoms with Crippen LogP contribution in [-0.4, -0.2) is 17.2 Å². The number of allylic oxidation sites excluding steroid dienone is 1. The van der Waals surface area contributed by atoms with E-state index in [9.17, 15) is 5.21 Å². The van der Waals surface area contributed by atoms with Gasteiger partial charge < -0.3 is 4.84 Å². The molecule has 1 aliphatic heterocycles. The van der Waals surface area contributed by atoms with Gasteiger partial charge in [-0.1, -0.05) is 42.0 Å². The lowest BCUT2D eigenvalue weighted by Crippen LogP contribution is -2.30. The molecule has 0 aliphatic carbocycles. The highest BCUT2D eigenvalue weighted by atomic mass is 16.9. The van der Waals surface area contributed by atoms with Crippen molar-refractivity contribution in [3.05, 3.63) is 52.8 Å². The molecule has 0 spiro atoms. The van der Waals surface area contributed by atoms with Gasteiger partial charge in [-0.2, -0.15) is 0 Å². The number of nitrogens with zero attached hydrogens (tertiary/aromatic N) is 1. The Hall–Kier alpha value is -1.77. The van der Waals surface area contributed by atoms with Crippen molar-refractivity contribution < 1.29 is 9.74 Å². The molecule has 1 aliphatic rings. The standard InChI is InChI=1S/C14H17NO2/c1-3-11(2)14-9-13(10-15(16)17-14)12-7-5-4-6-8-12/h3-8,10,13-14H,9H2,1-2H3/b11-3-/t13-,14-/m0/s1. The molecular weight excluding hydrogens is 214 g/mol. The highest BCUT2D eigenvalue weighted by Gasteiger charge is 2.26. The SMILES string of the molecule is C/C=C(/C)[C@@H]1C[C@H](c2ccccc2)C=[N+]([O-])O1. The molecule has 1 aromatic rings. The molecule has 2 rings (SSSR count). The van der Waals surface area contributed by atoms with Gasteiger partial charge in [0.15, 0.2) is 0 Å². The van der Waals surface area contributed by atoms with E-state index < -0.39 is 0 Å². The van der Waals surface area contributed by atoms with Gasteiger partial charge in [-0.15, -0.1) is 0 Å². The monoisotopic (exact) mass is 231 g/mol. The summed E-state index contributed by atoms with van der Waals surface area (Å²) in [6, 6.07) is 10.0. The van der Waals surface area contributed by atoms with Crippen LogP contribution in [-0.2, 0) is 4.84 Å². The van der Waals surface area contributed by atoms with E-state index in [1.165, 1.54) is 0 Å². The fourth-order valence-electron chi connectivity index (χ4n) is 2.02. The van der Waals surface area contributed by atoms with Crippen LogP contribution >= 0.6 is 0 Å². The Bertz CT molecular complexity index is 437. The molecule has 2 atom stereocenters. The fraction of sp³-hybridized carbons (Fsp3) is 0.357. The van der Waals surface area contributed by atoms with E-state index in [-0.39, 0.29) is 12.0 Å². The van der Waals surface area contributed by atoms with Gasteiger partial charge in [0.25, 0.3) is 0 Å². The molecule has 0 saturated carbocycles. The summed E-state index contributed by atoms with van der Waals surface area (Å²) in [5.41, 5.74) is 2.26. The van der Waals surface area contributed by atoms with Crippen molar-refractivity contribution in [3.63, 3.8) is 0 Å². The fourth-order valence-corrected chi connectivity index (χ4v) is 2.02. The quantitative estimate of drug-likeness (QED) is 0.579. The lowest BCUT2D eigenvalue weighted by molar-refractivity contribution is -0.752. The topological polar surface area (TPSA) is 35.3 Å². The van der Waals surface area contributed by atoms with Gasteiger partial charge in [0.05, 0.1) is 12.0 Å². The van der Waals surface area contributed by atoms with E-state index >= 15 is 0 Å². The third-order valence-corrected chi connectivity index (χ3v) is 3.19. The van der Waals surface area contributed by atoms with E-state index in [4.69, 9.17) is 4.84 Å². The van der Waals surface area contributed by atoms with E-state index in [0.717, 1.165) is 17.6 Å². The van der Waals surface area contributed by atoms with Crippen LogP contribution in [0.4, 0.5) is 0 Å². The van der Waals surface area contributed by atoms with Crippen LogP contribution in [0.3, 0.4) is 0 Å². The Morgan fingerprint density at radius 3 is 2.76 bits per heavy atom. The normalized spacial score (nSPS) is 25.1. The van der Waals surface area contributed by atoms with Crippen molar-refractivity contribution in [2.24, 2.45) is 0 Å². The van der Waals surface area contributed by atoms with Crippen molar-refractivity contribution in [3.8, 4) is 0 Å². The summed E-state index contributed by atoms with van der Waals surface area (Å²) in [5.74, 6) is 0.127. The first-order chi connectivity index (χ1) is 8.20. The molecule has 0 unspecified atom stereocenters. The number of benzene rings is 1. The zero-order valence-electron chi connectivity index (χ0n) is 10.2. The van der Waals surface area contributed by atoms with E-state index in [1.54, 1.807) is 6.21 Å². The first-order valence-corrected chi connectivity index (χ1v) is 5.86. The lowest BCUT2D eigenvalue weighted by atomic mass is 9.91. The third kappa shape index (κ3) is 2.67. The molecule has 0 radical (unpaired) electrons. The minimum Gasteiger partial charge on any atom is -0.396 e. The molecule has 0 fully saturated rings. The van der Waals surface area contributed by atoms with Gasteiger partial charge in [-0.05, 0) is 25.8 Å². The summed E-state index contributed by atoms with van der Waals surface area (Å²) in [4.78, 5) is 5.84. The summed E-state index contributed by atoms with van der Waals surface area (Å²) in [5, 5.41) is 11.5. The lowest BCUT2D eigenvalue weighted by Gasteiger charge is -2.27. The van der Waals surface area contributed by atoms with Gasteiger partial charge >= 0.3 is 0 Å². The van der Waals surface area contributed by atoms with Crippen molar-refractivity contribution in [2.75, 3.05) is 0 Å². The number of hydrogen-bond donors (Lipinski definition) is 0. The number of rotatable bonds is 2. The Balaban J connectivity index is 2.23. The average Bonchev–Trinajstić information content (AvgIpc) is 2.38. The molecular formula is C14H17NO2. The molecule has 90 valence electrons. The molecule has 1 heterocycles. The molecule has 3 heteroatoms. The summed E-state index contributed by atoms with van der Waals surface area (Å²) in [7, 11) is 0. The van der Waals surface area contributed by atoms with Crippen molar-refractivity contribution in [1.29, 1.82) is 0 Å². The van der Waals surface area contributed by atoms with Crippen LogP contribution < -0.4 is 0 Å². The summed E-state index contributed by atoms with van der Waals surface area (Å²) in [6.45, 7) is 3.95. The molecule has 3 nitrogen and oxygen atoms in total. The highest BCUT2D eigenvalue weighted by Crippen LogP contribution is 2.26. The largest absolute Gasteiger partial charge is 0.396 e. The van der Waals surface area contributed by atoms with E-state index in [0.29, 0.717) is 4.90 Å². The Morgan fingerprint density at radius 1 is 1.41 bits per heavy atom. The summed E-state index contributed by atoms with van der Waals surface area (Å²) >= 11 is 0. The molecule has 0 bridgehead atoms. The van der Waals surface area contributed by atoms with Crippen LogP contribution in [0.25, 0.3) is 0 Å². The predicted octanol–water partition coefficient (Wildman–Crippen LogP) is 3.02.